The highest BCUT2D eigenvalue weighted by atomic mass is 32.2. The van der Waals surface area contributed by atoms with Gasteiger partial charge in [0.05, 0.1) is 6.04 Å². The first kappa shape index (κ1) is 15.3. The van der Waals surface area contributed by atoms with Gasteiger partial charge in [0, 0.05) is 24.8 Å². The molecule has 1 aromatic heterocycles. The van der Waals surface area contributed by atoms with Crippen molar-refractivity contribution in [3.05, 3.63) is 5.82 Å². The molecule has 1 atom stereocenters. The molecule has 0 aliphatic carbocycles. The fraction of sp³-hybridized carbons (Fsp3) is 0.769. The average Bonchev–Trinajstić information content (AvgIpc) is 2.62. The molecule has 0 saturated heterocycles. The summed E-state index contributed by atoms with van der Waals surface area (Å²) in [4.78, 5) is 11.4. The van der Waals surface area contributed by atoms with Gasteiger partial charge in [-0.2, -0.15) is 0 Å². The molecule has 7 heteroatoms. The van der Waals surface area contributed by atoms with Gasteiger partial charge in [-0.15, -0.1) is 10.2 Å². The zero-order valence-corrected chi connectivity index (χ0v) is 12.9. The Kier molecular flexibility index (Phi) is 5.42. The fourth-order valence-electron chi connectivity index (χ4n) is 2.34. The third kappa shape index (κ3) is 3.96. The first-order valence-electron chi connectivity index (χ1n) is 7.18. The summed E-state index contributed by atoms with van der Waals surface area (Å²) < 4.78 is 2.19. The van der Waals surface area contributed by atoms with Crippen molar-refractivity contribution in [1.82, 2.24) is 20.1 Å². The lowest BCUT2D eigenvalue weighted by Gasteiger charge is -2.17. The topological polar surface area (TPSA) is 85.8 Å². The standard InChI is InChI=1S/C13H23N5OS/c1-9(2)15-10(12(14)19)8-20-13-17-16-11-6-4-3-5-7-18(11)13/h9-10,15H,3-8H2,1-2H3,(H2,14,19). The van der Waals surface area contributed by atoms with Gasteiger partial charge < -0.3 is 15.6 Å². The molecule has 6 nitrogen and oxygen atoms in total. The summed E-state index contributed by atoms with van der Waals surface area (Å²) in [5.41, 5.74) is 5.43. The number of aromatic nitrogens is 3. The first-order valence-corrected chi connectivity index (χ1v) is 8.16. The van der Waals surface area contributed by atoms with E-state index in [1.54, 1.807) is 11.8 Å². The highest BCUT2D eigenvalue weighted by molar-refractivity contribution is 7.99. The molecule has 112 valence electrons. The third-order valence-electron chi connectivity index (χ3n) is 3.33. The van der Waals surface area contributed by atoms with E-state index in [4.69, 9.17) is 5.73 Å². The van der Waals surface area contributed by atoms with E-state index in [2.05, 4.69) is 20.1 Å². The van der Waals surface area contributed by atoms with Gasteiger partial charge in [0.1, 0.15) is 5.82 Å². The minimum absolute atomic E-state index is 0.226. The van der Waals surface area contributed by atoms with Crippen LogP contribution >= 0.6 is 11.8 Å². The van der Waals surface area contributed by atoms with Crippen LogP contribution in [0.4, 0.5) is 0 Å². The van der Waals surface area contributed by atoms with E-state index in [0.717, 1.165) is 23.9 Å². The van der Waals surface area contributed by atoms with Crippen LogP contribution in [0.1, 0.15) is 38.9 Å². The average molecular weight is 297 g/mol. The minimum atomic E-state index is -0.335. The molecule has 1 aromatic rings. The monoisotopic (exact) mass is 297 g/mol. The summed E-state index contributed by atoms with van der Waals surface area (Å²) in [6, 6.07) is -0.109. The Bertz CT molecular complexity index is 460. The van der Waals surface area contributed by atoms with Crippen molar-refractivity contribution in [1.29, 1.82) is 0 Å². The molecular weight excluding hydrogens is 274 g/mol. The first-order chi connectivity index (χ1) is 9.58. The van der Waals surface area contributed by atoms with Crippen LogP contribution in [-0.4, -0.2) is 38.5 Å². The summed E-state index contributed by atoms with van der Waals surface area (Å²) in [7, 11) is 0. The second-order valence-electron chi connectivity index (χ2n) is 5.45. The molecule has 0 radical (unpaired) electrons. The molecule has 1 amide bonds. The largest absolute Gasteiger partial charge is 0.368 e. The van der Waals surface area contributed by atoms with E-state index in [1.165, 1.54) is 19.3 Å². The van der Waals surface area contributed by atoms with Crippen molar-refractivity contribution in [3.63, 3.8) is 0 Å². The molecule has 1 unspecified atom stereocenters. The number of hydrogen-bond donors (Lipinski definition) is 2. The summed E-state index contributed by atoms with van der Waals surface area (Å²) in [5, 5.41) is 12.6. The SMILES string of the molecule is CC(C)NC(CSc1nnc2n1CCCCC2)C(N)=O. The maximum Gasteiger partial charge on any atom is 0.235 e. The van der Waals surface area contributed by atoms with Crippen LogP contribution in [0.2, 0.25) is 0 Å². The second kappa shape index (κ2) is 7.08. The van der Waals surface area contributed by atoms with E-state index >= 15 is 0 Å². The lowest BCUT2D eigenvalue weighted by molar-refractivity contribution is -0.119. The molecule has 2 heterocycles. The van der Waals surface area contributed by atoms with Gasteiger partial charge in [0.15, 0.2) is 5.16 Å². The van der Waals surface area contributed by atoms with Crippen molar-refractivity contribution in [2.75, 3.05) is 5.75 Å². The zero-order chi connectivity index (χ0) is 14.5. The van der Waals surface area contributed by atoms with Crippen molar-refractivity contribution in [2.45, 2.75) is 63.3 Å². The van der Waals surface area contributed by atoms with E-state index in [-0.39, 0.29) is 18.0 Å². The highest BCUT2D eigenvalue weighted by Gasteiger charge is 2.20. The number of aryl methyl sites for hydroxylation is 1. The Hall–Kier alpha value is -1.08. The molecule has 0 aromatic carbocycles. The maximum absolute atomic E-state index is 11.4. The van der Waals surface area contributed by atoms with Crippen molar-refractivity contribution >= 4 is 17.7 Å². The lowest BCUT2D eigenvalue weighted by Crippen LogP contribution is -2.46. The molecular formula is C13H23N5OS. The Morgan fingerprint density at radius 2 is 2.20 bits per heavy atom. The summed E-state index contributed by atoms with van der Waals surface area (Å²) in [6.07, 6.45) is 4.59. The maximum atomic E-state index is 11.4. The molecule has 0 fully saturated rings. The van der Waals surface area contributed by atoms with Gasteiger partial charge >= 0.3 is 0 Å². The number of fused-ring (bicyclic) bond motifs is 1. The molecule has 20 heavy (non-hydrogen) atoms. The van der Waals surface area contributed by atoms with Gasteiger partial charge in [0.2, 0.25) is 5.91 Å². The quantitative estimate of drug-likeness (QED) is 0.764. The predicted molar refractivity (Wildman–Crippen MR) is 79.6 cm³/mol. The zero-order valence-electron chi connectivity index (χ0n) is 12.1. The van der Waals surface area contributed by atoms with Gasteiger partial charge in [-0.05, 0) is 12.8 Å². The number of hydrogen-bond acceptors (Lipinski definition) is 5. The Morgan fingerprint density at radius 3 is 2.90 bits per heavy atom. The van der Waals surface area contributed by atoms with E-state index < -0.39 is 0 Å². The van der Waals surface area contributed by atoms with Crippen molar-refractivity contribution in [2.24, 2.45) is 5.73 Å². The number of carbonyl (C=O) groups is 1. The van der Waals surface area contributed by atoms with Gasteiger partial charge in [0.25, 0.3) is 0 Å². The third-order valence-corrected chi connectivity index (χ3v) is 4.39. The number of rotatable bonds is 6. The van der Waals surface area contributed by atoms with Crippen molar-refractivity contribution < 1.29 is 4.79 Å². The lowest BCUT2D eigenvalue weighted by atomic mass is 10.2. The van der Waals surface area contributed by atoms with E-state index in [9.17, 15) is 4.79 Å². The van der Waals surface area contributed by atoms with Crippen LogP contribution in [0.5, 0.6) is 0 Å². The summed E-state index contributed by atoms with van der Waals surface area (Å²) in [5.74, 6) is 1.34. The van der Waals surface area contributed by atoms with Gasteiger partial charge in [-0.25, -0.2) is 0 Å². The number of nitrogens with two attached hydrogens (primary N) is 1. The number of nitrogens with one attached hydrogen (secondary N) is 1. The molecule has 1 aliphatic rings. The summed E-state index contributed by atoms with van der Waals surface area (Å²) >= 11 is 1.56. The number of carbonyl (C=O) groups excluding carboxylic acids is 1. The van der Waals surface area contributed by atoms with E-state index in [0.29, 0.717) is 5.75 Å². The number of thioether (sulfide) groups is 1. The number of nitrogens with zero attached hydrogens (tertiary/aromatic N) is 3. The summed E-state index contributed by atoms with van der Waals surface area (Å²) in [6.45, 7) is 4.98. The minimum Gasteiger partial charge on any atom is -0.368 e. The predicted octanol–water partition coefficient (Wildman–Crippen LogP) is 0.948. The fourth-order valence-corrected chi connectivity index (χ4v) is 3.37. The molecule has 0 bridgehead atoms. The number of primary amides is 1. The molecule has 2 rings (SSSR count). The van der Waals surface area contributed by atoms with Crippen LogP contribution in [0.25, 0.3) is 0 Å². The number of amides is 1. The molecule has 1 aliphatic heterocycles. The molecule has 3 N–H and O–H groups in total. The van der Waals surface area contributed by atoms with Crippen LogP contribution in [0.3, 0.4) is 0 Å². The Labute approximate surface area is 123 Å². The van der Waals surface area contributed by atoms with Gasteiger partial charge in [-0.1, -0.05) is 32.0 Å². The Balaban J connectivity index is 1.99. The normalized spacial score (nSPS) is 16.8. The smallest absolute Gasteiger partial charge is 0.235 e. The Morgan fingerprint density at radius 1 is 1.40 bits per heavy atom. The van der Waals surface area contributed by atoms with Crippen molar-refractivity contribution in [3.8, 4) is 0 Å². The second-order valence-corrected chi connectivity index (χ2v) is 6.44. The highest BCUT2D eigenvalue weighted by Crippen LogP contribution is 2.22. The molecule has 0 spiro atoms. The van der Waals surface area contributed by atoms with Gasteiger partial charge in [-0.3, -0.25) is 4.79 Å². The van der Waals surface area contributed by atoms with E-state index in [1.807, 2.05) is 13.8 Å². The van der Waals surface area contributed by atoms with Crippen LogP contribution in [0, 0.1) is 0 Å². The molecule has 0 saturated carbocycles. The van der Waals surface area contributed by atoms with Crippen LogP contribution in [-0.2, 0) is 17.8 Å². The van der Waals surface area contributed by atoms with Crippen LogP contribution in [0.15, 0.2) is 5.16 Å². The van der Waals surface area contributed by atoms with Crippen LogP contribution < -0.4 is 11.1 Å².